The van der Waals surface area contributed by atoms with Gasteiger partial charge in [0.25, 0.3) is 10.0 Å². The van der Waals surface area contributed by atoms with Crippen LogP contribution in [-0.2, 0) is 21.2 Å². The van der Waals surface area contributed by atoms with Crippen molar-refractivity contribution in [1.82, 2.24) is 0 Å². The number of sulfonamides is 1. The van der Waals surface area contributed by atoms with Crippen molar-refractivity contribution in [3.05, 3.63) is 52.0 Å². The molecule has 28 heavy (non-hydrogen) atoms. The van der Waals surface area contributed by atoms with Gasteiger partial charge < -0.3 is 4.90 Å². The summed E-state index contributed by atoms with van der Waals surface area (Å²) >= 11 is 6.09. The van der Waals surface area contributed by atoms with Gasteiger partial charge in [-0.25, -0.2) is 8.42 Å². The summed E-state index contributed by atoms with van der Waals surface area (Å²) in [5, 5.41) is 0.535. The second-order valence-electron chi connectivity index (χ2n) is 7.56. The van der Waals surface area contributed by atoms with Crippen LogP contribution in [0.2, 0.25) is 5.02 Å². The lowest BCUT2D eigenvalue weighted by Crippen LogP contribution is -2.38. The Morgan fingerprint density at radius 1 is 1.14 bits per heavy atom. The topological polar surface area (TPSA) is 66.5 Å². The van der Waals surface area contributed by atoms with Gasteiger partial charge in [-0.15, -0.1) is 0 Å². The second-order valence-corrected chi connectivity index (χ2v) is 9.62. The molecule has 7 heteroatoms. The fourth-order valence-corrected chi connectivity index (χ4v) is 5.01. The van der Waals surface area contributed by atoms with Crippen molar-refractivity contribution in [2.24, 2.45) is 5.92 Å². The number of fused-ring (bicyclic) bond motifs is 1. The van der Waals surface area contributed by atoms with Crippen molar-refractivity contribution >= 4 is 38.9 Å². The van der Waals surface area contributed by atoms with E-state index in [2.05, 4.69) is 4.72 Å². The Morgan fingerprint density at radius 3 is 2.54 bits per heavy atom. The number of carbonyl (C=O) groups excluding carboxylic acids is 1. The molecule has 0 aliphatic carbocycles. The third kappa shape index (κ3) is 4.03. The van der Waals surface area contributed by atoms with Crippen LogP contribution in [0.3, 0.4) is 0 Å². The molecular weight excluding hydrogens is 396 g/mol. The molecule has 1 amide bonds. The van der Waals surface area contributed by atoms with Gasteiger partial charge in [0.05, 0.1) is 10.6 Å². The molecule has 5 nitrogen and oxygen atoms in total. The van der Waals surface area contributed by atoms with Crippen LogP contribution in [0.5, 0.6) is 0 Å². The van der Waals surface area contributed by atoms with E-state index in [0.717, 1.165) is 24.1 Å². The predicted molar refractivity (Wildman–Crippen MR) is 114 cm³/mol. The molecule has 0 radical (unpaired) electrons. The van der Waals surface area contributed by atoms with Gasteiger partial charge in [-0.2, -0.15) is 0 Å². The van der Waals surface area contributed by atoms with Crippen molar-refractivity contribution in [2.75, 3.05) is 16.2 Å². The molecule has 1 heterocycles. The zero-order valence-corrected chi connectivity index (χ0v) is 18.1. The summed E-state index contributed by atoms with van der Waals surface area (Å²) in [4.78, 5) is 14.5. The number of carbonyl (C=O) groups is 1. The predicted octanol–water partition coefficient (Wildman–Crippen LogP) is 4.69. The number of hydrogen-bond donors (Lipinski definition) is 1. The molecule has 2 aromatic rings. The van der Waals surface area contributed by atoms with E-state index in [1.165, 1.54) is 0 Å². The molecule has 0 fully saturated rings. The first-order valence-corrected chi connectivity index (χ1v) is 11.2. The zero-order chi connectivity index (χ0) is 20.6. The van der Waals surface area contributed by atoms with Gasteiger partial charge in [-0.3, -0.25) is 9.52 Å². The average Bonchev–Trinajstić information content (AvgIpc) is 2.63. The highest BCUT2D eigenvalue weighted by molar-refractivity contribution is 7.92. The molecule has 1 aliphatic rings. The maximum atomic E-state index is 12.9. The minimum Gasteiger partial charge on any atom is -0.312 e. The number of anilines is 2. The molecule has 0 saturated heterocycles. The van der Waals surface area contributed by atoms with Crippen molar-refractivity contribution in [3.63, 3.8) is 0 Å². The lowest BCUT2D eigenvalue weighted by molar-refractivity contribution is -0.121. The van der Waals surface area contributed by atoms with E-state index in [-0.39, 0.29) is 16.7 Å². The normalized spacial score (nSPS) is 14.1. The van der Waals surface area contributed by atoms with Gasteiger partial charge in [0.2, 0.25) is 5.91 Å². The minimum absolute atomic E-state index is 0.0464. The highest BCUT2D eigenvalue weighted by atomic mass is 35.5. The van der Waals surface area contributed by atoms with Gasteiger partial charge in [0.1, 0.15) is 0 Å². The summed E-state index contributed by atoms with van der Waals surface area (Å²) in [6, 6.07) is 8.63. The number of halogens is 1. The molecule has 0 spiro atoms. The van der Waals surface area contributed by atoms with Crippen LogP contribution in [0, 0.1) is 19.8 Å². The Hall–Kier alpha value is -2.05. The quantitative estimate of drug-likeness (QED) is 0.779. The summed E-state index contributed by atoms with van der Waals surface area (Å²) in [5.41, 5.74) is 3.56. The molecule has 3 rings (SSSR count). The van der Waals surface area contributed by atoms with Gasteiger partial charge in [-0.1, -0.05) is 31.5 Å². The molecule has 0 atom stereocenters. The highest BCUT2D eigenvalue weighted by Crippen LogP contribution is 2.32. The van der Waals surface area contributed by atoms with Gasteiger partial charge in [-0.05, 0) is 67.6 Å². The average molecular weight is 421 g/mol. The summed E-state index contributed by atoms with van der Waals surface area (Å²) < 4.78 is 28.5. The van der Waals surface area contributed by atoms with Crippen LogP contribution in [-0.4, -0.2) is 20.9 Å². The van der Waals surface area contributed by atoms with Crippen LogP contribution in [0.25, 0.3) is 0 Å². The van der Waals surface area contributed by atoms with Crippen molar-refractivity contribution < 1.29 is 13.2 Å². The molecule has 1 aliphatic heterocycles. The first kappa shape index (κ1) is 20.7. The fraction of sp³-hybridized carbons (Fsp3) is 0.381. The number of benzene rings is 2. The largest absolute Gasteiger partial charge is 0.312 e. The molecule has 0 unspecified atom stereocenters. The van der Waals surface area contributed by atoms with Crippen LogP contribution in [0.4, 0.5) is 11.4 Å². The molecule has 0 bridgehead atoms. The van der Waals surface area contributed by atoms with Crippen LogP contribution >= 0.6 is 11.6 Å². The van der Waals surface area contributed by atoms with E-state index in [9.17, 15) is 13.2 Å². The molecule has 150 valence electrons. The van der Waals surface area contributed by atoms with Crippen LogP contribution in [0.15, 0.2) is 35.2 Å². The van der Waals surface area contributed by atoms with E-state index in [1.807, 2.05) is 19.9 Å². The molecule has 0 saturated carbocycles. The van der Waals surface area contributed by atoms with E-state index in [4.69, 9.17) is 11.6 Å². The summed E-state index contributed by atoms with van der Waals surface area (Å²) in [6.07, 6.45) is 1.78. The summed E-state index contributed by atoms with van der Waals surface area (Å²) in [6.45, 7) is 7.88. The third-order valence-corrected chi connectivity index (χ3v) is 6.89. The molecule has 0 aromatic heterocycles. The first-order chi connectivity index (χ1) is 13.1. The van der Waals surface area contributed by atoms with Crippen molar-refractivity contribution in [2.45, 2.75) is 45.4 Å². The van der Waals surface area contributed by atoms with Crippen LogP contribution < -0.4 is 9.62 Å². The number of hydrogen-bond acceptors (Lipinski definition) is 3. The number of nitrogens with one attached hydrogen (secondary N) is 1. The Balaban J connectivity index is 1.97. The van der Waals surface area contributed by atoms with E-state index in [0.29, 0.717) is 28.4 Å². The summed E-state index contributed by atoms with van der Waals surface area (Å²) in [7, 11) is -3.78. The lowest BCUT2D eigenvalue weighted by atomic mass is 9.99. The van der Waals surface area contributed by atoms with Gasteiger partial charge >= 0.3 is 0 Å². The van der Waals surface area contributed by atoms with Crippen molar-refractivity contribution in [3.8, 4) is 0 Å². The maximum Gasteiger partial charge on any atom is 0.262 e. The second kappa shape index (κ2) is 7.76. The Kier molecular flexibility index (Phi) is 5.73. The van der Waals surface area contributed by atoms with Crippen molar-refractivity contribution in [1.29, 1.82) is 0 Å². The molecule has 1 N–H and O–H groups in total. The number of aryl methyl sites for hydroxylation is 3. The Morgan fingerprint density at radius 2 is 1.86 bits per heavy atom. The van der Waals surface area contributed by atoms with E-state index < -0.39 is 10.0 Å². The summed E-state index contributed by atoms with van der Waals surface area (Å²) in [5.74, 6) is -0.0730. The molecule has 2 aromatic carbocycles. The first-order valence-electron chi connectivity index (χ1n) is 9.34. The Bertz CT molecular complexity index is 1030. The standard InChI is InChI=1S/C21H25ClN2O3S/c1-13(2)21(25)24-9-5-6-16-7-8-17(12-19(16)24)23-28(26,27)20-11-14(3)18(22)10-15(20)4/h7-8,10-13,23H,5-6,9H2,1-4H3. The number of rotatable bonds is 4. The van der Waals surface area contributed by atoms with Gasteiger partial charge in [0, 0.05) is 23.2 Å². The number of amides is 1. The minimum atomic E-state index is -3.78. The third-order valence-electron chi connectivity index (χ3n) is 4.96. The highest BCUT2D eigenvalue weighted by Gasteiger charge is 2.25. The fourth-order valence-electron chi connectivity index (χ4n) is 3.43. The maximum absolute atomic E-state index is 12.9. The monoisotopic (exact) mass is 420 g/mol. The smallest absolute Gasteiger partial charge is 0.262 e. The SMILES string of the molecule is Cc1cc(S(=O)(=O)Nc2ccc3c(c2)N(C(=O)C(C)C)CCC3)c(C)cc1Cl. The zero-order valence-electron chi connectivity index (χ0n) is 16.5. The van der Waals surface area contributed by atoms with Gasteiger partial charge in [0.15, 0.2) is 0 Å². The van der Waals surface area contributed by atoms with E-state index in [1.54, 1.807) is 43.0 Å². The molecular formula is C21H25ClN2O3S. The lowest BCUT2D eigenvalue weighted by Gasteiger charge is -2.31. The van der Waals surface area contributed by atoms with Crippen LogP contribution in [0.1, 0.15) is 37.0 Å². The number of nitrogens with zero attached hydrogens (tertiary/aromatic N) is 1. The van der Waals surface area contributed by atoms with E-state index >= 15 is 0 Å². The Labute approximate surface area is 171 Å².